The Balaban J connectivity index is 1.76. The third kappa shape index (κ3) is 5.40. The van der Waals surface area contributed by atoms with E-state index in [9.17, 15) is 18.0 Å². The molecule has 0 bridgehead atoms. The van der Waals surface area contributed by atoms with E-state index in [0.29, 0.717) is 10.1 Å². The first-order valence-corrected chi connectivity index (χ1v) is 15.3. The Bertz CT molecular complexity index is 1830. The number of ether oxygens (including phenoxy) is 4. The highest BCUT2D eigenvalue weighted by molar-refractivity contribution is 7.93. The minimum Gasteiger partial charge on any atom is -0.497 e. The Morgan fingerprint density at radius 3 is 2.23 bits per heavy atom. The number of methoxy groups -OCH3 is 2. The lowest BCUT2D eigenvalue weighted by Gasteiger charge is -2.32. The van der Waals surface area contributed by atoms with Crippen molar-refractivity contribution in [1.82, 2.24) is 5.32 Å². The minimum atomic E-state index is -4.66. The smallest absolute Gasteiger partial charge is 0.414 e. The van der Waals surface area contributed by atoms with Gasteiger partial charge in [-0.2, -0.15) is 4.31 Å². The summed E-state index contributed by atoms with van der Waals surface area (Å²) in [5, 5.41) is 2.89. The molecule has 0 radical (unpaired) electrons. The van der Waals surface area contributed by atoms with Gasteiger partial charge in [-0.3, -0.25) is 10.1 Å². The Labute approximate surface area is 260 Å². The van der Waals surface area contributed by atoms with E-state index in [0.717, 1.165) is 0 Å². The molecule has 0 aromatic heterocycles. The summed E-state index contributed by atoms with van der Waals surface area (Å²) in [7, 11) is -1.93. The number of carbonyl (C=O) groups excluding carboxylic acids is 2. The quantitative estimate of drug-likeness (QED) is 0.241. The van der Waals surface area contributed by atoms with Crippen LogP contribution in [0.3, 0.4) is 0 Å². The maximum atomic E-state index is 14.9. The topological polar surface area (TPSA) is 120 Å². The Morgan fingerprint density at radius 1 is 0.841 bits per heavy atom. The van der Waals surface area contributed by atoms with E-state index in [1.165, 1.54) is 50.6 Å². The van der Waals surface area contributed by atoms with E-state index < -0.39 is 27.6 Å². The van der Waals surface area contributed by atoms with Gasteiger partial charge in [-0.15, -0.1) is 0 Å². The molecule has 0 saturated heterocycles. The number of carbonyl (C=O) groups is 2. The summed E-state index contributed by atoms with van der Waals surface area (Å²) in [5.74, 6) is -0.276. The lowest BCUT2D eigenvalue weighted by molar-refractivity contribution is -0.121. The van der Waals surface area contributed by atoms with Crippen LogP contribution >= 0.6 is 11.6 Å². The summed E-state index contributed by atoms with van der Waals surface area (Å²) in [6, 6.07) is 23.2. The van der Waals surface area contributed by atoms with E-state index in [1.807, 2.05) is 0 Å². The molecule has 12 heteroatoms. The van der Waals surface area contributed by atoms with Crippen LogP contribution in [-0.4, -0.2) is 40.7 Å². The summed E-state index contributed by atoms with van der Waals surface area (Å²) in [6.45, 7) is 3.60. The van der Waals surface area contributed by atoms with Crippen molar-refractivity contribution < 1.29 is 37.0 Å². The summed E-state index contributed by atoms with van der Waals surface area (Å²) in [5.41, 5.74) is -1.91. The van der Waals surface area contributed by atoms with Gasteiger partial charge in [-0.1, -0.05) is 48.0 Å². The molecule has 1 atom stereocenters. The van der Waals surface area contributed by atoms with Gasteiger partial charge in [0, 0.05) is 22.2 Å². The molecule has 2 amide bonds. The second-order valence-corrected chi connectivity index (χ2v) is 12.2. The van der Waals surface area contributed by atoms with Crippen LogP contribution in [0.5, 0.6) is 23.0 Å². The van der Waals surface area contributed by atoms with Crippen molar-refractivity contribution in [3.05, 3.63) is 107 Å². The van der Waals surface area contributed by atoms with Gasteiger partial charge >= 0.3 is 6.09 Å². The first-order chi connectivity index (χ1) is 21.0. The maximum absolute atomic E-state index is 14.9. The monoisotopic (exact) mass is 636 g/mol. The van der Waals surface area contributed by atoms with E-state index in [-0.39, 0.29) is 50.1 Å². The van der Waals surface area contributed by atoms with Gasteiger partial charge in [0.25, 0.3) is 15.9 Å². The molecule has 0 saturated carbocycles. The average Bonchev–Trinajstić information content (AvgIpc) is 3.24. The molecule has 1 unspecified atom stereocenters. The Kier molecular flexibility index (Phi) is 8.44. The van der Waals surface area contributed by atoms with Crippen molar-refractivity contribution in [3.63, 3.8) is 0 Å². The Morgan fingerprint density at radius 2 is 1.55 bits per heavy atom. The number of nitrogens with zero attached hydrogens (tertiary/aromatic N) is 1. The number of rotatable bonds is 9. The SMILES string of the molecule is COc1ccc(S(=O)(=O)N2C(=O)C(NC(=O)Oc3ccccc3)(c3ccccc3OC(C)C)c3cc(Cl)ccc32)c(OC)c1. The molecule has 5 rings (SSSR count). The number of hydrogen-bond acceptors (Lipinski definition) is 8. The molecular weight excluding hydrogens is 608 g/mol. The standard InChI is InChI=1S/C32H29ClN2O8S/c1-20(2)42-27-13-9-8-12-24(27)32(34-31(37)43-22-10-6-5-7-11-22)25-18-21(33)14-16-26(25)35(30(32)36)44(38,39)29-17-15-23(40-3)19-28(29)41-4/h5-20H,1-4H3,(H,34,37). The second kappa shape index (κ2) is 12.1. The second-order valence-electron chi connectivity index (χ2n) is 9.99. The van der Waals surface area contributed by atoms with Crippen LogP contribution in [0, 0.1) is 0 Å². The fraction of sp³-hybridized carbons (Fsp3) is 0.188. The molecule has 4 aromatic carbocycles. The molecule has 1 aliphatic heterocycles. The minimum absolute atomic E-state index is 0.0309. The van der Waals surface area contributed by atoms with Crippen LogP contribution in [0.1, 0.15) is 25.0 Å². The molecule has 1 aliphatic rings. The number of halogens is 1. The van der Waals surface area contributed by atoms with E-state index >= 15 is 0 Å². The average molecular weight is 637 g/mol. The third-order valence-corrected chi connectivity index (χ3v) is 8.84. The summed E-state index contributed by atoms with van der Waals surface area (Å²) >= 11 is 6.45. The molecular formula is C32H29ClN2O8S. The molecule has 0 fully saturated rings. The number of benzene rings is 4. The van der Waals surface area contributed by atoms with Crippen molar-refractivity contribution in [2.24, 2.45) is 0 Å². The summed E-state index contributed by atoms with van der Waals surface area (Å²) < 4.78 is 51.6. The summed E-state index contributed by atoms with van der Waals surface area (Å²) in [6.07, 6.45) is -1.35. The number of anilines is 1. The van der Waals surface area contributed by atoms with Crippen molar-refractivity contribution in [3.8, 4) is 23.0 Å². The summed E-state index contributed by atoms with van der Waals surface area (Å²) in [4.78, 5) is 28.1. The van der Waals surface area contributed by atoms with E-state index in [2.05, 4.69) is 5.32 Å². The molecule has 0 spiro atoms. The highest BCUT2D eigenvalue weighted by Gasteiger charge is 2.59. The van der Waals surface area contributed by atoms with Crippen LogP contribution in [0.25, 0.3) is 0 Å². The first kappa shape index (κ1) is 30.7. The third-order valence-electron chi connectivity index (χ3n) is 6.87. The predicted molar refractivity (Wildman–Crippen MR) is 164 cm³/mol. The van der Waals surface area contributed by atoms with Crippen LogP contribution in [0.15, 0.2) is 95.9 Å². The number of sulfonamides is 1. The number of amides is 2. The molecule has 4 aromatic rings. The van der Waals surface area contributed by atoms with Crippen LogP contribution < -0.4 is 28.6 Å². The highest BCUT2D eigenvalue weighted by atomic mass is 35.5. The van der Waals surface area contributed by atoms with Crippen molar-refractivity contribution >= 4 is 39.3 Å². The zero-order chi connectivity index (χ0) is 31.6. The number of fused-ring (bicyclic) bond motifs is 1. The number of hydrogen-bond donors (Lipinski definition) is 1. The molecule has 1 heterocycles. The van der Waals surface area contributed by atoms with Gasteiger partial charge in [-0.05, 0) is 62.4 Å². The van der Waals surface area contributed by atoms with E-state index in [4.69, 9.17) is 30.5 Å². The molecule has 10 nitrogen and oxygen atoms in total. The molecule has 228 valence electrons. The van der Waals surface area contributed by atoms with Crippen LogP contribution in [0.4, 0.5) is 10.5 Å². The van der Waals surface area contributed by atoms with Crippen LogP contribution in [-0.2, 0) is 20.4 Å². The lowest BCUT2D eigenvalue weighted by atomic mass is 9.83. The fourth-order valence-electron chi connectivity index (χ4n) is 5.04. The lowest BCUT2D eigenvalue weighted by Crippen LogP contribution is -2.55. The van der Waals surface area contributed by atoms with Gasteiger partial charge in [0.1, 0.15) is 27.9 Å². The molecule has 44 heavy (non-hydrogen) atoms. The van der Waals surface area contributed by atoms with Crippen LogP contribution in [0.2, 0.25) is 5.02 Å². The predicted octanol–water partition coefficient (Wildman–Crippen LogP) is 5.91. The number of para-hydroxylation sites is 2. The fourth-order valence-corrected chi connectivity index (χ4v) is 6.82. The highest BCUT2D eigenvalue weighted by Crippen LogP contribution is 2.50. The van der Waals surface area contributed by atoms with E-state index in [1.54, 1.807) is 68.4 Å². The van der Waals surface area contributed by atoms with Gasteiger partial charge in [0.05, 0.1) is 26.0 Å². The first-order valence-electron chi connectivity index (χ1n) is 13.5. The number of nitrogens with one attached hydrogen (secondary N) is 1. The largest absolute Gasteiger partial charge is 0.497 e. The van der Waals surface area contributed by atoms with Crippen molar-refractivity contribution in [1.29, 1.82) is 0 Å². The Hall–Kier alpha value is -4.74. The zero-order valence-corrected chi connectivity index (χ0v) is 25.8. The van der Waals surface area contributed by atoms with Gasteiger partial charge in [-0.25, -0.2) is 13.2 Å². The zero-order valence-electron chi connectivity index (χ0n) is 24.2. The normalized spacial score (nSPS) is 16.0. The van der Waals surface area contributed by atoms with Gasteiger partial charge < -0.3 is 18.9 Å². The molecule has 1 N–H and O–H groups in total. The van der Waals surface area contributed by atoms with Gasteiger partial charge in [0.15, 0.2) is 5.54 Å². The van der Waals surface area contributed by atoms with Crippen molar-refractivity contribution in [2.75, 3.05) is 18.5 Å². The molecule has 0 aliphatic carbocycles. The van der Waals surface area contributed by atoms with Gasteiger partial charge in [0.2, 0.25) is 0 Å². The van der Waals surface area contributed by atoms with Crippen molar-refractivity contribution in [2.45, 2.75) is 30.4 Å². The maximum Gasteiger partial charge on any atom is 0.414 e.